The number of hydrazine groups is 1. The third-order valence-corrected chi connectivity index (χ3v) is 3.72. The molecular weight excluding hydrogens is 268 g/mol. The predicted molar refractivity (Wildman–Crippen MR) is 80.5 cm³/mol. The molecule has 0 saturated heterocycles. The lowest BCUT2D eigenvalue weighted by Gasteiger charge is -1.97. The normalized spacial score (nSPS) is 12.2. The number of nitrogens with zero attached hydrogens (tertiary/aromatic N) is 3. The van der Waals surface area contributed by atoms with E-state index in [2.05, 4.69) is 20.4 Å². The van der Waals surface area contributed by atoms with Crippen LogP contribution >= 0.6 is 23.1 Å². The lowest BCUT2D eigenvalue weighted by Crippen LogP contribution is -2.18. The Labute approximate surface area is 115 Å². The highest BCUT2D eigenvalue weighted by molar-refractivity contribution is 7.98. The van der Waals surface area contributed by atoms with Crippen LogP contribution in [-0.4, -0.2) is 29.5 Å². The highest BCUT2D eigenvalue weighted by Crippen LogP contribution is 2.21. The summed E-state index contributed by atoms with van der Waals surface area (Å²) in [6.07, 6.45) is 2.23. The van der Waals surface area contributed by atoms with Gasteiger partial charge in [0.2, 0.25) is 5.13 Å². The molecule has 1 aromatic heterocycles. The molecule has 1 aromatic rings. The zero-order chi connectivity index (χ0) is 13.2. The SMILES string of the molecule is CCC(N)=NCCSCc1csc(N=CNN)n1. The molecule has 0 radical (unpaired) electrons. The number of thiazole rings is 1. The van der Waals surface area contributed by atoms with Crippen LogP contribution in [0.4, 0.5) is 5.13 Å². The van der Waals surface area contributed by atoms with Crippen LogP contribution in [0.1, 0.15) is 19.0 Å². The van der Waals surface area contributed by atoms with Crippen molar-refractivity contribution in [2.24, 2.45) is 21.6 Å². The monoisotopic (exact) mass is 286 g/mol. The van der Waals surface area contributed by atoms with E-state index < -0.39 is 0 Å². The van der Waals surface area contributed by atoms with Gasteiger partial charge in [-0.25, -0.2) is 15.8 Å². The summed E-state index contributed by atoms with van der Waals surface area (Å²) in [7, 11) is 0. The standard InChI is InChI=1S/C10H18N6S2/c1-2-9(11)13-3-4-17-5-8-6-18-10(16-8)14-7-15-12/h6-7H,2-5,12H2,1H3,(H2,11,13)(H,14,15,16). The Morgan fingerprint density at radius 1 is 1.67 bits per heavy atom. The lowest BCUT2D eigenvalue weighted by molar-refractivity contribution is 1.05. The van der Waals surface area contributed by atoms with Crippen LogP contribution < -0.4 is 17.0 Å². The summed E-state index contributed by atoms with van der Waals surface area (Å²) in [6.45, 7) is 2.76. The molecule has 0 saturated carbocycles. The first-order chi connectivity index (χ1) is 8.76. The third-order valence-electron chi connectivity index (χ3n) is 1.95. The molecule has 18 heavy (non-hydrogen) atoms. The molecule has 100 valence electrons. The van der Waals surface area contributed by atoms with E-state index in [0.29, 0.717) is 5.13 Å². The molecule has 0 bridgehead atoms. The van der Waals surface area contributed by atoms with Gasteiger partial charge in [0, 0.05) is 29.9 Å². The van der Waals surface area contributed by atoms with E-state index in [9.17, 15) is 0 Å². The molecule has 0 aliphatic carbocycles. The number of hydrogen-bond acceptors (Lipinski definition) is 6. The largest absolute Gasteiger partial charge is 0.387 e. The van der Waals surface area contributed by atoms with Crippen molar-refractivity contribution in [3.63, 3.8) is 0 Å². The van der Waals surface area contributed by atoms with Gasteiger partial charge in [-0.05, 0) is 0 Å². The zero-order valence-electron chi connectivity index (χ0n) is 10.3. The minimum atomic E-state index is 0.705. The summed E-state index contributed by atoms with van der Waals surface area (Å²) in [5.74, 6) is 7.61. The van der Waals surface area contributed by atoms with Crippen LogP contribution in [0, 0.1) is 0 Å². The van der Waals surface area contributed by atoms with Crippen molar-refractivity contribution in [1.29, 1.82) is 0 Å². The molecule has 8 heteroatoms. The van der Waals surface area contributed by atoms with Crippen molar-refractivity contribution in [2.45, 2.75) is 19.1 Å². The lowest BCUT2D eigenvalue weighted by atomic mass is 10.4. The van der Waals surface area contributed by atoms with Crippen molar-refractivity contribution in [2.75, 3.05) is 12.3 Å². The van der Waals surface area contributed by atoms with Crippen LogP contribution in [0.2, 0.25) is 0 Å². The highest BCUT2D eigenvalue weighted by Gasteiger charge is 2.00. The van der Waals surface area contributed by atoms with Crippen molar-refractivity contribution in [1.82, 2.24) is 10.4 Å². The number of nitrogens with two attached hydrogens (primary N) is 2. The Balaban J connectivity index is 2.23. The van der Waals surface area contributed by atoms with Crippen LogP contribution in [-0.2, 0) is 5.75 Å². The summed E-state index contributed by atoms with van der Waals surface area (Å²) >= 11 is 3.28. The number of rotatable bonds is 8. The van der Waals surface area contributed by atoms with Crippen molar-refractivity contribution >= 4 is 40.4 Å². The molecular formula is C10H18N6S2. The van der Waals surface area contributed by atoms with E-state index >= 15 is 0 Å². The second-order valence-electron chi connectivity index (χ2n) is 3.33. The third kappa shape index (κ3) is 5.99. The van der Waals surface area contributed by atoms with E-state index in [4.69, 9.17) is 11.6 Å². The second-order valence-corrected chi connectivity index (χ2v) is 5.27. The average Bonchev–Trinajstić information content (AvgIpc) is 2.83. The van der Waals surface area contributed by atoms with Crippen LogP contribution in [0.3, 0.4) is 0 Å². The fourth-order valence-corrected chi connectivity index (χ4v) is 2.54. The molecule has 0 aliphatic rings. The van der Waals surface area contributed by atoms with Gasteiger partial charge < -0.3 is 11.2 Å². The van der Waals surface area contributed by atoms with Crippen molar-refractivity contribution in [3.05, 3.63) is 11.1 Å². The van der Waals surface area contributed by atoms with Gasteiger partial charge in [0.15, 0.2) is 0 Å². The van der Waals surface area contributed by atoms with E-state index in [1.807, 2.05) is 12.3 Å². The van der Waals surface area contributed by atoms with Gasteiger partial charge >= 0.3 is 0 Å². The number of thioether (sulfide) groups is 1. The number of amidine groups is 1. The summed E-state index contributed by atoms with van der Waals surface area (Å²) < 4.78 is 0. The molecule has 1 heterocycles. The molecule has 0 fully saturated rings. The Morgan fingerprint density at radius 3 is 3.22 bits per heavy atom. The Hall–Kier alpha value is -1.12. The Kier molecular flexibility index (Phi) is 7.38. The van der Waals surface area contributed by atoms with Crippen LogP contribution in [0.15, 0.2) is 15.4 Å². The van der Waals surface area contributed by atoms with Crippen molar-refractivity contribution in [3.8, 4) is 0 Å². The molecule has 0 aromatic carbocycles. The maximum absolute atomic E-state index is 5.61. The molecule has 0 spiro atoms. The zero-order valence-corrected chi connectivity index (χ0v) is 11.9. The molecule has 5 N–H and O–H groups in total. The molecule has 0 aliphatic heterocycles. The number of nitrogens with one attached hydrogen (secondary N) is 1. The van der Waals surface area contributed by atoms with Gasteiger partial charge in [-0.1, -0.05) is 6.92 Å². The van der Waals surface area contributed by atoms with E-state index in [-0.39, 0.29) is 0 Å². The Morgan fingerprint density at radius 2 is 2.50 bits per heavy atom. The molecule has 6 nitrogen and oxygen atoms in total. The molecule has 0 atom stereocenters. The number of aliphatic imine (C=N–C) groups is 2. The summed E-state index contributed by atoms with van der Waals surface area (Å²) in [5.41, 5.74) is 8.99. The first-order valence-corrected chi connectivity index (χ1v) is 7.59. The molecule has 0 amide bonds. The summed E-state index contributed by atoms with van der Waals surface area (Å²) in [6, 6.07) is 0. The molecule has 0 unspecified atom stereocenters. The van der Waals surface area contributed by atoms with Gasteiger partial charge in [0.1, 0.15) is 6.34 Å². The Bertz CT molecular complexity index is 401. The summed E-state index contributed by atoms with van der Waals surface area (Å²) in [5, 5.41) is 2.71. The van der Waals surface area contributed by atoms with Crippen molar-refractivity contribution < 1.29 is 0 Å². The average molecular weight is 286 g/mol. The summed E-state index contributed by atoms with van der Waals surface area (Å²) in [4.78, 5) is 12.6. The van der Waals surface area contributed by atoms with Gasteiger partial charge in [-0.3, -0.25) is 4.99 Å². The first-order valence-electron chi connectivity index (χ1n) is 5.55. The van der Waals surface area contributed by atoms with Gasteiger partial charge in [0.25, 0.3) is 0 Å². The minimum Gasteiger partial charge on any atom is -0.387 e. The van der Waals surface area contributed by atoms with Gasteiger partial charge in [-0.15, -0.1) is 11.3 Å². The molecule has 1 rings (SSSR count). The maximum atomic E-state index is 5.61. The fourth-order valence-electron chi connectivity index (χ4n) is 1.06. The fraction of sp³-hybridized carbons (Fsp3) is 0.500. The van der Waals surface area contributed by atoms with E-state index in [0.717, 1.165) is 36.0 Å². The second kappa shape index (κ2) is 8.90. The van der Waals surface area contributed by atoms with Gasteiger partial charge in [-0.2, -0.15) is 11.8 Å². The highest BCUT2D eigenvalue weighted by atomic mass is 32.2. The van der Waals surface area contributed by atoms with Crippen LogP contribution in [0.25, 0.3) is 0 Å². The quantitative estimate of drug-likeness (QED) is 0.220. The van der Waals surface area contributed by atoms with E-state index in [1.165, 1.54) is 17.7 Å². The predicted octanol–water partition coefficient (Wildman–Crippen LogP) is 1.27. The van der Waals surface area contributed by atoms with E-state index in [1.54, 1.807) is 11.8 Å². The maximum Gasteiger partial charge on any atom is 0.210 e. The first kappa shape index (κ1) is 14.9. The van der Waals surface area contributed by atoms with Crippen LogP contribution in [0.5, 0.6) is 0 Å². The minimum absolute atomic E-state index is 0.705. The van der Waals surface area contributed by atoms with Gasteiger partial charge in [0.05, 0.1) is 11.5 Å². The number of hydrogen-bond donors (Lipinski definition) is 3. The topological polar surface area (TPSA) is 102 Å². The number of aromatic nitrogens is 1. The smallest absolute Gasteiger partial charge is 0.210 e.